The van der Waals surface area contributed by atoms with E-state index in [0.717, 1.165) is 12.8 Å². The number of nitrogens with zero attached hydrogens (tertiary/aromatic N) is 2. The first-order chi connectivity index (χ1) is 14.9. The van der Waals surface area contributed by atoms with Crippen LogP contribution in [0, 0.1) is 0 Å². The van der Waals surface area contributed by atoms with Crippen molar-refractivity contribution in [3.8, 4) is 23.0 Å². The Morgan fingerprint density at radius 2 is 1.84 bits per heavy atom. The van der Waals surface area contributed by atoms with Gasteiger partial charge in [0.2, 0.25) is 5.75 Å². The summed E-state index contributed by atoms with van der Waals surface area (Å²) in [6.07, 6.45) is 2.80. The predicted octanol–water partition coefficient (Wildman–Crippen LogP) is 2.28. The Hall–Kier alpha value is -3.69. The third-order valence-electron chi connectivity index (χ3n) is 4.87. The average molecular weight is 430 g/mol. The monoisotopic (exact) mass is 430 g/mol. The number of nitrogens with one attached hydrogen (secondary N) is 1. The average Bonchev–Trinajstić information content (AvgIpc) is 2.78. The third kappa shape index (κ3) is 5.27. The molecule has 1 atom stereocenters. The van der Waals surface area contributed by atoms with Gasteiger partial charge in [0, 0.05) is 30.9 Å². The van der Waals surface area contributed by atoms with Gasteiger partial charge in [-0.05, 0) is 18.9 Å². The van der Waals surface area contributed by atoms with Crippen LogP contribution in [0.25, 0.3) is 0 Å². The first kappa shape index (κ1) is 22.0. The van der Waals surface area contributed by atoms with E-state index in [2.05, 4.69) is 10.3 Å². The van der Waals surface area contributed by atoms with Gasteiger partial charge in [0.1, 0.15) is 17.5 Å². The molecule has 1 fully saturated rings. The van der Waals surface area contributed by atoms with Gasteiger partial charge in [-0.1, -0.05) is 0 Å². The fourth-order valence-corrected chi connectivity index (χ4v) is 3.39. The van der Waals surface area contributed by atoms with Crippen molar-refractivity contribution >= 4 is 17.6 Å². The number of anilines is 1. The number of nitrogens with two attached hydrogens (primary N) is 1. The van der Waals surface area contributed by atoms with Crippen LogP contribution in [0.3, 0.4) is 0 Å². The molecule has 31 heavy (non-hydrogen) atoms. The summed E-state index contributed by atoms with van der Waals surface area (Å²) in [4.78, 5) is 29.7. The van der Waals surface area contributed by atoms with Crippen molar-refractivity contribution in [2.45, 2.75) is 18.9 Å². The van der Waals surface area contributed by atoms with Crippen molar-refractivity contribution in [1.29, 1.82) is 0 Å². The van der Waals surface area contributed by atoms with Gasteiger partial charge in [-0.3, -0.25) is 9.78 Å². The molecule has 1 aromatic carbocycles. The van der Waals surface area contributed by atoms with Crippen LogP contribution in [0.5, 0.6) is 23.0 Å². The maximum Gasteiger partial charge on any atom is 0.321 e. The van der Waals surface area contributed by atoms with Crippen LogP contribution >= 0.6 is 0 Å². The lowest BCUT2D eigenvalue weighted by Gasteiger charge is -2.33. The second-order valence-electron chi connectivity index (χ2n) is 6.91. The topological polar surface area (TPSA) is 125 Å². The number of aromatic nitrogens is 1. The molecule has 1 aromatic heterocycles. The van der Waals surface area contributed by atoms with Crippen LogP contribution in [0.1, 0.15) is 23.3 Å². The number of hydrogen-bond acceptors (Lipinski definition) is 7. The molecule has 0 spiro atoms. The largest absolute Gasteiger partial charge is 0.493 e. The van der Waals surface area contributed by atoms with Crippen molar-refractivity contribution in [1.82, 2.24) is 9.88 Å². The Kier molecular flexibility index (Phi) is 7.01. The number of methoxy groups -OCH3 is 3. The predicted molar refractivity (Wildman–Crippen MR) is 113 cm³/mol. The number of urea groups is 1. The molecule has 2 heterocycles. The molecule has 0 aliphatic carbocycles. The molecule has 0 bridgehead atoms. The summed E-state index contributed by atoms with van der Waals surface area (Å²) < 4.78 is 21.9. The highest BCUT2D eigenvalue weighted by atomic mass is 16.5. The maximum atomic E-state index is 12.8. The summed E-state index contributed by atoms with van der Waals surface area (Å²) in [6.45, 7) is 0.990. The number of carbonyl (C=O) groups excluding carboxylic acids is 2. The Morgan fingerprint density at radius 1 is 1.13 bits per heavy atom. The third-order valence-corrected chi connectivity index (χ3v) is 4.87. The molecule has 3 amide bonds. The fourth-order valence-electron chi connectivity index (χ4n) is 3.39. The molecule has 3 rings (SSSR count). The number of likely N-dealkylation sites (tertiary alicyclic amines) is 1. The minimum atomic E-state index is -0.625. The van der Waals surface area contributed by atoms with E-state index in [0.29, 0.717) is 41.8 Å². The summed E-state index contributed by atoms with van der Waals surface area (Å²) in [6, 6.07) is 6.22. The number of amides is 3. The SMILES string of the molecule is COc1cc(NC(=O)N2CCCC(Oc3ccnc(C(N)=O)c3)C2)cc(OC)c1OC. The number of benzene rings is 1. The zero-order valence-electron chi connectivity index (χ0n) is 17.7. The van der Waals surface area contributed by atoms with Crippen LogP contribution in [-0.4, -0.2) is 62.3 Å². The van der Waals surface area contributed by atoms with E-state index in [4.69, 9.17) is 24.7 Å². The molecule has 3 N–H and O–H groups in total. The molecule has 2 aromatic rings. The standard InChI is InChI=1S/C21H26N4O6/c1-28-17-9-13(10-18(29-2)19(17)30-3)24-21(27)25-8-4-5-15(12-25)31-14-6-7-23-16(11-14)20(22)26/h6-7,9-11,15H,4-5,8,12H2,1-3H3,(H2,22,26)(H,24,27). The van der Waals surface area contributed by atoms with E-state index in [1.54, 1.807) is 23.1 Å². The minimum Gasteiger partial charge on any atom is -0.493 e. The number of piperidine rings is 1. The smallest absolute Gasteiger partial charge is 0.321 e. The van der Waals surface area contributed by atoms with Gasteiger partial charge >= 0.3 is 6.03 Å². The van der Waals surface area contributed by atoms with Crippen molar-refractivity contribution in [2.75, 3.05) is 39.7 Å². The Labute approximate surface area is 180 Å². The molecular weight excluding hydrogens is 404 g/mol. The van der Waals surface area contributed by atoms with E-state index in [9.17, 15) is 9.59 Å². The number of primary amides is 1. The molecule has 0 radical (unpaired) electrons. The summed E-state index contributed by atoms with van der Waals surface area (Å²) in [5.41, 5.74) is 5.91. The lowest BCUT2D eigenvalue weighted by atomic mass is 10.1. The van der Waals surface area contributed by atoms with Gasteiger partial charge in [-0.25, -0.2) is 4.79 Å². The minimum absolute atomic E-state index is 0.130. The molecule has 0 saturated carbocycles. The van der Waals surface area contributed by atoms with E-state index < -0.39 is 5.91 Å². The Balaban J connectivity index is 1.67. The van der Waals surface area contributed by atoms with Gasteiger partial charge < -0.3 is 34.9 Å². The molecule has 10 nitrogen and oxygen atoms in total. The molecular formula is C21H26N4O6. The van der Waals surface area contributed by atoms with Crippen molar-refractivity contribution < 1.29 is 28.5 Å². The van der Waals surface area contributed by atoms with Crippen molar-refractivity contribution in [3.63, 3.8) is 0 Å². The highest BCUT2D eigenvalue weighted by molar-refractivity contribution is 5.91. The first-order valence-electron chi connectivity index (χ1n) is 9.73. The number of carbonyl (C=O) groups is 2. The maximum absolute atomic E-state index is 12.8. The van der Waals surface area contributed by atoms with Gasteiger partial charge in [0.25, 0.3) is 5.91 Å². The normalized spacial score (nSPS) is 15.7. The van der Waals surface area contributed by atoms with Crippen LogP contribution in [0.15, 0.2) is 30.5 Å². The van der Waals surface area contributed by atoms with E-state index in [1.165, 1.54) is 33.6 Å². The molecule has 1 aliphatic rings. The zero-order valence-corrected chi connectivity index (χ0v) is 17.7. The molecule has 10 heteroatoms. The Bertz CT molecular complexity index is 926. The van der Waals surface area contributed by atoms with Gasteiger partial charge in [0.15, 0.2) is 11.5 Å². The molecule has 1 aliphatic heterocycles. The molecule has 166 valence electrons. The number of pyridine rings is 1. The summed E-state index contributed by atoms with van der Waals surface area (Å²) in [7, 11) is 4.54. The van der Waals surface area contributed by atoms with Crippen LogP contribution < -0.4 is 30.0 Å². The lowest BCUT2D eigenvalue weighted by Crippen LogP contribution is -2.46. The number of hydrogen-bond donors (Lipinski definition) is 2. The quantitative estimate of drug-likeness (QED) is 0.690. The fraction of sp³-hybridized carbons (Fsp3) is 0.381. The van der Waals surface area contributed by atoms with Crippen LogP contribution in [-0.2, 0) is 0 Å². The van der Waals surface area contributed by atoms with Crippen molar-refractivity contribution in [3.05, 3.63) is 36.2 Å². The molecule has 1 saturated heterocycles. The summed E-state index contributed by atoms with van der Waals surface area (Å²) in [5, 5.41) is 2.87. The summed E-state index contributed by atoms with van der Waals surface area (Å²) in [5.74, 6) is 1.20. The highest BCUT2D eigenvalue weighted by Gasteiger charge is 2.26. The second kappa shape index (κ2) is 9.88. The van der Waals surface area contributed by atoms with Gasteiger partial charge in [-0.2, -0.15) is 0 Å². The van der Waals surface area contributed by atoms with Crippen LogP contribution in [0.4, 0.5) is 10.5 Å². The second-order valence-corrected chi connectivity index (χ2v) is 6.91. The lowest BCUT2D eigenvalue weighted by molar-refractivity contribution is 0.0989. The first-order valence-corrected chi connectivity index (χ1v) is 9.73. The highest BCUT2D eigenvalue weighted by Crippen LogP contribution is 2.40. The van der Waals surface area contributed by atoms with E-state index in [1.807, 2.05) is 0 Å². The molecule has 1 unspecified atom stereocenters. The Morgan fingerprint density at radius 3 is 2.45 bits per heavy atom. The van der Waals surface area contributed by atoms with Gasteiger partial charge in [-0.15, -0.1) is 0 Å². The summed E-state index contributed by atoms with van der Waals surface area (Å²) >= 11 is 0. The zero-order chi connectivity index (χ0) is 22.4. The van der Waals surface area contributed by atoms with E-state index in [-0.39, 0.29) is 17.8 Å². The van der Waals surface area contributed by atoms with E-state index >= 15 is 0 Å². The van der Waals surface area contributed by atoms with Gasteiger partial charge in [0.05, 0.1) is 33.6 Å². The number of ether oxygens (including phenoxy) is 4. The van der Waals surface area contributed by atoms with Crippen LogP contribution in [0.2, 0.25) is 0 Å². The number of rotatable bonds is 7. The van der Waals surface area contributed by atoms with Crippen molar-refractivity contribution in [2.24, 2.45) is 5.73 Å².